The van der Waals surface area contributed by atoms with E-state index in [2.05, 4.69) is 17.6 Å². The van der Waals surface area contributed by atoms with Gasteiger partial charge in [0.25, 0.3) is 17.7 Å². The van der Waals surface area contributed by atoms with Crippen LogP contribution in [-0.4, -0.2) is 29.8 Å². The third-order valence-electron chi connectivity index (χ3n) is 6.23. The number of methoxy groups -OCH3 is 1. The van der Waals surface area contributed by atoms with Gasteiger partial charge in [0.2, 0.25) is 0 Å². The minimum absolute atomic E-state index is 0.143. The van der Waals surface area contributed by atoms with Crippen LogP contribution in [0.15, 0.2) is 36.4 Å². The van der Waals surface area contributed by atoms with Crippen LogP contribution in [-0.2, 0) is 9.59 Å². The zero-order valence-electron chi connectivity index (χ0n) is 13.7. The summed E-state index contributed by atoms with van der Waals surface area (Å²) in [4.78, 5) is 38.3. The zero-order valence-corrected chi connectivity index (χ0v) is 13.7. The fraction of sp³-hybridized carbons (Fsp3) is 0.421. The number of hydrazine groups is 1. The summed E-state index contributed by atoms with van der Waals surface area (Å²) in [6.07, 6.45) is 5.33. The van der Waals surface area contributed by atoms with Crippen molar-refractivity contribution in [3.05, 3.63) is 42.0 Å². The van der Waals surface area contributed by atoms with E-state index in [0.717, 1.165) is 11.4 Å². The van der Waals surface area contributed by atoms with Crippen molar-refractivity contribution in [2.45, 2.75) is 6.42 Å². The maximum absolute atomic E-state index is 12.9. The molecule has 5 aliphatic rings. The molecule has 6 rings (SSSR count). The minimum atomic E-state index is -0.511. The molecule has 6 atom stereocenters. The van der Waals surface area contributed by atoms with E-state index in [-0.39, 0.29) is 35.5 Å². The highest BCUT2D eigenvalue weighted by atomic mass is 16.5. The van der Waals surface area contributed by atoms with Crippen LogP contribution in [0.1, 0.15) is 16.8 Å². The molecule has 2 bridgehead atoms. The standard InChI is InChI=1S/C19H18N2O4/c1-25-14-5-3-2-4-11(14)17(22)20-21-18(23)15-9-6-7-10(13-8-12(9)13)16(15)19(21)24/h2-7,9-10,12-13,15-16H,8H2,1H3,(H,20,22)/t9-,10-,12-,13+,15-,16+/m0/s1. The summed E-state index contributed by atoms with van der Waals surface area (Å²) in [6.45, 7) is 0. The van der Waals surface area contributed by atoms with Crippen molar-refractivity contribution < 1.29 is 19.1 Å². The van der Waals surface area contributed by atoms with Crippen LogP contribution in [0.4, 0.5) is 0 Å². The maximum Gasteiger partial charge on any atom is 0.274 e. The molecule has 6 heteroatoms. The maximum atomic E-state index is 12.9. The number of allylic oxidation sites excluding steroid dienone is 2. The average molecular weight is 338 g/mol. The second kappa shape index (κ2) is 4.94. The van der Waals surface area contributed by atoms with E-state index in [4.69, 9.17) is 4.74 Å². The first-order valence-electron chi connectivity index (χ1n) is 8.62. The number of hydrogen-bond donors (Lipinski definition) is 1. The number of amides is 3. The number of ether oxygens (including phenoxy) is 1. The lowest BCUT2D eigenvalue weighted by molar-refractivity contribution is -0.143. The summed E-state index contributed by atoms with van der Waals surface area (Å²) in [5.41, 5.74) is 2.81. The lowest BCUT2D eigenvalue weighted by atomic mass is 9.63. The quantitative estimate of drug-likeness (QED) is 0.668. The zero-order chi connectivity index (χ0) is 17.3. The summed E-state index contributed by atoms with van der Waals surface area (Å²) in [7, 11) is 1.47. The number of rotatable bonds is 3. The molecule has 0 spiro atoms. The molecule has 128 valence electrons. The van der Waals surface area contributed by atoms with E-state index in [0.29, 0.717) is 23.1 Å². The lowest BCUT2D eigenvalue weighted by Crippen LogP contribution is -2.47. The monoisotopic (exact) mass is 338 g/mol. The predicted molar refractivity (Wildman–Crippen MR) is 87.0 cm³/mol. The number of carbonyl (C=O) groups is 3. The van der Waals surface area contributed by atoms with Gasteiger partial charge in [-0.15, -0.1) is 0 Å². The Morgan fingerprint density at radius 2 is 1.68 bits per heavy atom. The summed E-state index contributed by atoms with van der Waals surface area (Å²) >= 11 is 0. The van der Waals surface area contributed by atoms with Crippen molar-refractivity contribution in [3.8, 4) is 5.75 Å². The molecule has 0 aromatic heterocycles. The van der Waals surface area contributed by atoms with E-state index >= 15 is 0 Å². The molecule has 25 heavy (non-hydrogen) atoms. The Labute approximate surface area is 144 Å². The Kier molecular flexibility index (Phi) is 2.90. The van der Waals surface area contributed by atoms with Crippen LogP contribution in [0.25, 0.3) is 0 Å². The van der Waals surface area contributed by atoms with Gasteiger partial charge in [0, 0.05) is 0 Å². The van der Waals surface area contributed by atoms with Gasteiger partial charge in [-0.25, -0.2) is 0 Å². The van der Waals surface area contributed by atoms with Crippen LogP contribution in [0.2, 0.25) is 0 Å². The van der Waals surface area contributed by atoms with Crippen LogP contribution in [0, 0.1) is 35.5 Å². The van der Waals surface area contributed by atoms with Crippen molar-refractivity contribution >= 4 is 17.7 Å². The van der Waals surface area contributed by atoms with E-state index in [1.165, 1.54) is 7.11 Å². The summed E-state index contributed by atoms with van der Waals surface area (Å²) in [5, 5.41) is 0.946. The normalized spacial score (nSPS) is 36.9. The van der Waals surface area contributed by atoms with Crippen molar-refractivity contribution in [1.82, 2.24) is 10.4 Å². The fourth-order valence-corrected chi connectivity index (χ4v) is 5.06. The largest absolute Gasteiger partial charge is 0.496 e. The molecule has 3 fully saturated rings. The Bertz CT molecular complexity index is 796. The SMILES string of the molecule is COc1ccccc1C(=O)NN1C(=O)[C@@H]2[C@H]3C=C[C@@H]([C@@H]4C[C@H]34)[C@@H]2C1=O. The molecule has 6 nitrogen and oxygen atoms in total. The van der Waals surface area contributed by atoms with Gasteiger partial charge in [-0.1, -0.05) is 24.3 Å². The Balaban J connectivity index is 1.42. The van der Waals surface area contributed by atoms with Crippen LogP contribution in [0.5, 0.6) is 5.75 Å². The van der Waals surface area contributed by atoms with Crippen LogP contribution < -0.4 is 10.2 Å². The smallest absolute Gasteiger partial charge is 0.274 e. The number of imide groups is 1. The second-order valence-electron chi connectivity index (χ2n) is 7.31. The molecular formula is C19H18N2O4. The molecule has 1 aromatic carbocycles. The van der Waals surface area contributed by atoms with E-state index in [9.17, 15) is 14.4 Å². The fourth-order valence-electron chi connectivity index (χ4n) is 5.06. The molecule has 4 aliphatic carbocycles. The molecule has 3 amide bonds. The van der Waals surface area contributed by atoms with E-state index in [1.807, 2.05) is 0 Å². The van der Waals surface area contributed by atoms with Gasteiger partial charge < -0.3 is 4.74 Å². The van der Waals surface area contributed by atoms with Gasteiger partial charge in [-0.05, 0) is 42.2 Å². The van der Waals surface area contributed by atoms with E-state index < -0.39 is 5.91 Å². The number of benzene rings is 1. The van der Waals surface area contributed by atoms with Gasteiger partial charge >= 0.3 is 0 Å². The molecule has 1 aromatic rings. The Hall–Kier alpha value is -2.63. The number of hydrogen-bond acceptors (Lipinski definition) is 4. The highest BCUT2D eigenvalue weighted by Gasteiger charge is 2.67. The van der Waals surface area contributed by atoms with Gasteiger partial charge in [-0.3, -0.25) is 19.8 Å². The van der Waals surface area contributed by atoms with E-state index in [1.54, 1.807) is 24.3 Å². The molecule has 1 aliphatic heterocycles. The molecular weight excluding hydrogens is 320 g/mol. The van der Waals surface area contributed by atoms with Crippen LogP contribution in [0.3, 0.4) is 0 Å². The van der Waals surface area contributed by atoms with Gasteiger partial charge in [0.1, 0.15) is 5.75 Å². The number of nitrogens with one attached hydrogen (secondary N) is 1. The highest BCUT2D eigenvalue weighted by molar-refractivity contribution is 6.09. The number of carbonyl (C=O) groups excluding carboxylic acids is 3. The predicted octanol–water partition coefficient (Wildman–Crippen LogP) is 1.39. The first-order chi connectivity index (χ1) is 12.1. The summed E-state index contributed by atoms with van der Waals surface area (Å²) in [6, 6.07) is 6.74. The second-order valence-corrected chi connectivity index (χ2v) is 7.31. The van der Waals surface area contributed by atoms with Crippen molar-refractivity contribution in [3.63, 3.8) is 0 Å². The third-order valence-corrected chi connectivity index (χ3v) is 6.23. The summed E-state index contributed by atoms with van der Waals surface area (Å²) in [5.74, 6) is 0.0760. The minimum Gasteiger partial charge on any atom is -0.496 e. The van der Waals surface area contributed by atoms with Gasteiger partial charge in [0.05, 0.1) is 24.5 Å². The first-order valence-corrected chi connectivity index (χ1v) is 8.62. The Morgan fingerprint density at radius 3 is 2.28 bits per heavy atom. The summed E-state index contributed by atoms with van der Waals surface area (Å²) < 4.78 is 5.18. The average Bonchev–Trinajstić information content (AvgIpc) is 3.42. The molecule has 2 saturated carbocycles. The molecule has 0 radical (unpaired) electrons. The number of para-hydroxylation sites is 1. The Morgan fingerprint density at radius 1 is 1.08 bits per heavy atom. The lowest BCUT2D eigenvalue weighted by Gasteiger charge is -2.37. The van der Waals surface area contributed by atoms with Gasteiger partial charge in [0.15, 0.2) is 0 Å². The van der Waals surface area contributed by atoms with Crippen molar-refractivity contribution in [2.75, 3.05) is 7.11 Å². The third kappa shape index (κ3) is 1.88. The molecule has 1 heterocycles. The van der Waals surface area contributed by atoms with Gasteiger partial charge in [-0.2, -0.15) is 5.01 Å². The van der Waals surface area contributed by atoms with Crippen molar-refractivity contribution in [2.24, 2.45) is 35.5 Å². The molecule has 0 unspecified atom stereocenters. The molecule has 1 N–H and O–H groups in total. The van der Waals surface area contributed by atoms with Crippen LogP contribution >= 0.6 is 0 Å². The molecule has 1 saturated heterocycles. The first kappa shape index (κ1) is 14.7. The topological polar surface area (TPSA) is 75.7 Å². The van der Waals surface area contributed by atoms with Crippen molar-refractivity contribution in [1.29, 1.82) is 0 Å². The number of nitrogens with zero attached hydrogens (tertiary/aromatic N) is 1. The highest BCUT2D eigenvalue weighted by Crippen LogP contribution is 2.65.